The fourth-order valence-electron chi connectivity index (χ4n) is 3.57. The first-order chi connectivity index (χ1) is 11.8. The maximum atomic E-state index is 9.10. The van der Waals surface area contributed by atoms with Crippen molar-refractivity contribution < 1.29 is 4.74 Å². The van der Waals surface area contributed by atoms with Gasteiger partial charge in [-0.1, -0.05) is 36.4 Å². The molecule has 1 saturated heterocycles. The first-order valence-corrected chi connectivity index (χ1v) is 8.28. The zero-order valence-electron chi connectivity index (χ0n) is 13.4. The van der Waals surface area contributed by atoms with E-state index in [1.165, 1.54) is 11.1 Å². The lowest BCUT2D eigenvalue weighted by Gasteiger charge is -2.44. The first-order valence-electron chi connectivity index (χ1n) is 8.28. The minimum atomic E-state index is 0.264. The highest BCUT2D eigenvalue weighted by molar-refractivity contribution is 5.66. The van der Waals surface area contributed by atoms with Crippen LogP contribution in [0.15, 0.2) is 54.7 Å². The van der Waals surface area contributed by atoms with Crippen molar-refractivity contribution in [1.29, 1.82) is 5.26 Å². The molecule has 0 N–H and O–H groups in total. The van der Waals surface area contributed by atoms with Crippen LogP contribution in [0.25, 0.3) is 5.57 Å². The third kappa shape index (κ3) is 2.96. The topological polar surface area (TPSA) is 49.1 Å². The number of aromatic nitrogens is 1. The Hall–Kier alpha value is -2.48. The molecule has 0 radical (unpaired) electrons. The van der Waals surface area contributed by atoms with E-state index in [2.05, 4.69) is 52.4 Å². The Kier molecular flexibility index (Phi) is 4.12. The third-order valence-corrected chi connectivity index (χ3v) is 4.77. The highest BCUT2D eigenvalue weighted by Crippen LogP contribution is 2.33. The Balaban J connectivity index is 1.61. The van der Waals surface area contributed by atoms with Crippen LogP contribution in [-0.2, 0) is 11.3 Å². The van der Waals surface area contributed by atoms with Crippen molar-refractivity contribution in [3.63, 3.8) is 0 Å². The van der Waals surface area contributed by atoms with Gasteiger partial charge in [-0.05, 0) is 29.7 Å². The van der Waals surface area contributed by atoms with Gasteiger partial charge in [-0.2, -0.15) is 5.26 Å². The van der Waals surface area contributed by atoms with Gasteiger partial charge in [0.15, 0.2) is 0 Å². The largest absolute Gasteiger partial charge is 0.378 e. The Morgan fingerprint density at radius 3 is 2.88 bits per heavy atom. The normalized spacial score (nSPS) is 23.4. The number of rotatable bonds is 3. The van der Waals surface area contributed by atoms with Gasteiger partial charge in [0.2, 0.25) is 0 Å². The quantitative estimate of drug-likeness (QED) is 0.873. The minimum absolute atomic E-state index is 0.264. The molecule has 3 heterocycles. The molecule has 2 aliphatic heterocycles. The second kappa shape index (κ2) is 6.56. The van der Waals surface area contributed by atoms with Gasteiger partial charge < -0.3 is 4.74 Å². The first kappa shape index (κ1) is 15.1. The van der Waals surface area contributed by atoms with E-state index in [0.29, 0.717) is 18.2 Å². The molecule has 0 aliphatic carbocycles. The fraction of sp³-hybridized carbons (Fsp3) is 0.300. The van der Waals surface area contributed by atoms with Gasteiger partial charge in [0.05, 0.1) is 36.6 Å². The summed E-state index contributed by atoms with van der Waals surface area (Å²) in [6.45, 7) is 2.40. The van der Waals surface area contributed by atoms with Crippen molar-refractivity contribution in [3.8, 4) is 6.07 Å². The molecule has 1 aromatic carbocycles. The van der Waals surface area contributed by atoms with Crippen LogP contribution < -0.4 is 0 Å². The molecule has 24 heavy (non-hydrogen) atoms. The molecule has 4 heteroatoms. The van der Waals surface area contributed by atoms with Gasteiger partial charge in [0.1, 0.15) is 0 Å². The molecule has 120 valence electrons. The molecule has 2 unspecified atom stereocenters. The predicted octanol–water partition coefficient (Wildman–Crippen LogP) is 3.01. The van der Waals surface area contributed by atoms with E-state index < -0.39 is 0 Å². The van der Waals surface area contributed by atoms with Gasteiger partial charge in [0, 0.05) is 18.8 Å². The number of nitrogens with zero attached hydrogens (tertiary/aromatic N) is 3. The molecule has 2 aliphatic rings. The summed E-state index contributed by atoms with van der Waals surface area (Å²) in [4.78, 5) is 6.99. The molecule has 2 bridgehead atoms. The summed E-state index contributed by atoms with van der Waals surface area (Å²) in [7, 11) is 0. The third-order valence-electron chi connectivity index (χ3n) is 4.77. The van der Waals surface area contributed by atoms with Gasteiger partial charge in [0.25, 0.3) is 0 Å². The van der Waals surface area contributed by atoms with Crippen LogP contribution in [0.4, 0.5) is 0 Å². The molecular weight excluding hydrogens is 298 g/mol. The van der Waals surface area contributed by atoms with E-state index in [4.69, 9.17) is 10.00 Å². The summed E-state index contributed by atoms with van der Waals surface area (Å²) < 4.78 is 5.77. The number of nitriles is 1. The van der Waals surface area contributed by atoms with Crippen LogP contribution in [0.3, 0.4) is 0 Å². The number of fused-ring (bicyclic) bond motifs is 2. The lowest BCUT2D eigenvalue weighted by Crippen LogP contribution is -2.53. The molecule has 2 aromatic rings. The van der Waals surface area contributed by atoms with Crippen molar-refractivity contribution in [2.75, 3.05) is 13.2 Å². The number of morpholine rings is 1. The van der Waals surface area contributed by atoms with Crippen molar-refractivity contribution >= 4 is 5.57 Å². The Labute approximate surface area is 142 Å². The summed E-state index contributed by atoms with van der Waals surface area (Å²) in [5.74, 6) is 0. The maximum absolute atomic E-state index is 9.10. The van der Waals surface area contributed by atoms with Crippen LogP contribution in [0.1, 0.15) is 23.2 Å². The number of pyridine rings is 1. The Morgan fingerprint density at radius 2 is 2.08 bits per heavy atom. The van der Waals surface area contributed by atoms with Gasteiger partial charge in [-0.25, -0.2) is 0 Å². The fourth-order valence-corrected chi connectivity index (χ4v) is 3.57. The average molecular weight is 317 g/mol. The summed E-state index contributed by atoms with van der Waals surface area (Å²) in [6.07, 6.45) is 4.89. The number of hydrogen-bond donors (Lipinski definition) is 0. The summed E-state index contributed by atoms with van der Waals surface area (Å²) in [5, 5.41) is 9.10. The summed E-state index contributed by atoms with van der Waals surface area (Å²) >= 11 is 0. The van der Waals surface area contributed by atoms with Gasteiger partial charge in [-0.3, -0.25) is 9.88 Å². The molecule has 1 aromatic heterocycles. The molecule has 0 saturated carbocycles. The van der Waals surface area contributed by atoms with E-state index in [1.807, 2.05) is 6.07 Å². The Morgan fingerprint density at radius 1 is 1.21 bits per heavy atom. The zero-order chi connectivity index (χ0) is 16.4. The smallest absolute Gasteiger partial charge is 0.0992 e. The van der Waals surface area contributed by atoms with E-state index in [9.17, 15) is 0 Å². The maximum Gasteiger partial charge on any atom is 0.0992 e. The van der Waals surface area contributed by atoms with E-state index >= 15 is 0 Å². The van der Waals surface area contributed by atoms with Crippen LogP contribution >= 0.6 is 0 Å². The summed E-state index contributed by atoms with van der Waals surface area (Å²) in [5.41, 5.74) is 4.14. The van der Waals surface area contributed by atoms with E-state index in [1.54, 1.807) is 12.3 Å². The molecule has 2 atom stereocenters. The van der Waals surface area contributed by atoms with Crippen LogP contribution in [0, 0.1) is 11.3 Å². The summed E-state index contributed by atoms with van der Waals surface area (Å²) in [6, 6.07) is 17.0. The number of hydrogen-bond acceptors (Lipinski definition) is 4. The van der Waals surface area contributed by atoms with Crippen molar-refractivity contribution in [2.45, 2.75) is 25.0 Å². The van der Waals surface area contributed by atoms with E-state index in [0.717, 1.165) is 25.3 Å². The molecule has 0 amide bonds. The molecule has 1 fully saturated rings. The van der Waals surface area contributed by atoms with Crippen molar-refractivity contribution in [1.82, 2.24) is 9.88 Å². The molecular formula is C20H19N3O. The van der Waals surface area contributed by atoms with Crippen LogP contribution in [0.2, 0.25) is 0 Å². The second-order valence-corrected chi connectivity index (χ2v) is 6.35. The van der Waals surface area contributed by atoms with Gasteiger partial charge in [-0.15, -0.1) is 0 Å². The van der Waals surface area contributed by atoms with E-state index in [-0.39, 0.29) is 6.04 Å². The van der Waals surface area contributed by atoms with Crippen molar-refractivity contribution in [2.24, 2.45) is 0 Å². The van der Waals surface area contributed by atoms with Crippen molar-refractivity contribution in [3.05, 3.63) is 71.6 Å². The molecule has 4 rings (SSSR count). The predicted molar refractivity (Wildman–Crippen MR) is 91.9 cm³/mol. The molecule has 4 nitrogen and oxygen atoms in total. The SMILES string of the molecule is N#Cc1ccnc(C2=CC3COCC(C2)N3Cc2ccccc2)c1. The molecule has 0 spiro atoms. The highest BCUT2D eigenvalue weighted by atomic mass is 16.5. The standard InChI is InChI=1S/C20H19N3O/c21-11-16-6-7-22-20(8-16)17-9-18-13-24-14-19(10-17)23(18)12-15-4-2-1-3-5-15/h1-9,18-19H,10,12-14H2. The van der Waals surface area contributed by atoms with Crippen LogP contribution in [-0.4, -0.2) is 35.2 Å². The number of ether oxygens (including phenoxy) is 1. The number of benzene rings is 1. The van der Waals surface area contributed by atoms with Gasteiger partial charge >= 0.3 is 0 Å². The zero-order valence-corrected chi connectivity index (χ0v) is 13.4. The Bertz CT molecular complexity index is 794. The van der Waals surface area contributed by atoms with Crippen LogP contribution in [0.5, 0.6) is 0 Å². The minimum Gasteiger partial charge on any atom is -0.378 e. The highest BCUT2D eigenvalue weighted by Gasteiger charge is 2.35. The monoisotopic (exact) mass is 317 g/mol. The average Bonchev–Trinajstić information content (AvgIpc) is 2.62. The second-order valence-electron chi connectivity index (χ2n) is 6.35. The lowest BCUT2D eigenvalue weighted by atomic mass is 9.91. The lowest BCUT2D eigenvalue weighted by molar-refractivity contribution is -0.0403.